The molecule has 0 aliphatic heterocycles. The molecule has 7 heteroatoms. The van der Waals surface area contributed by atoms with Crippen LogP contribution < -0.4 is 10.1 Å². The van der Waals surface area contributed by atoms with Crippen molar-refractivity contribution in [2.45, 2.75) is 13.8 Å². The summed E-state index contributed by atoms with van der Waals surface area (Å²) in [5.74, 6) is 0.917. The van der Waals surface area contributed by atoms with Crippen molar-refractivity contribution in [2.75, 3.05) is 18.5 Å². The Morgan fingerprint density at radius 2 is 2.18 bits per heavy atom. The maximum atomic E-state index is 5.29. The van der Waals surface area contributed by atoms with Crippen molar-refractivity contribution in [3.63, 3.8) is 0 Å². The summed E-state index contributed by atoms with van der Waals surface area (Å²) >= 11 is 0. The molecule has 0 bridgehead atoms. The van der Waals surface area contributed by atoms with Gasteiger partial charge in [-0.3, -0.25) is 0 Å². The van der Waals surface area contributed by atoms with Gasteiger partial charge in [0.2, 0.25) is 5.95 Å². The number of aromatic nitrogens is 5. The van der Waals surface area contributed by atoms with E-state index in [9.17, 15) is 0 Å². The van der Waals surface area contributed by atoms with Gasteiger partial charge in [0.1, 0.15) is 0 Å². The molecule has 2 heterocycles. The summed E-state index contributed by atoms with van der Waals surface area (Å²) in [6.45, 7) is 5.09. The molecule has 17 heavy (non-hydrogen) atoms. The van der Waals surface area contributed by atoms with E-state index in [1.807, 2.05) is 13.8 Å². The fourth-order valence-electron chi connectivity index (χ4n) is 1.27. The molecule has 0 unspecified atom stereocenters. The normalized spacial score (nSPS) is 10.2. The number of ether oxygens (including phenoxy) is 1. The summed E-state index contributed by atoms with van der Waals surface area (Å²) in [5.41, 5.74) is 0. The predicted molar refractivity (Wildman–Crippen MR) is 62.3 cm³/mol. The maximum absolute atomic E-state index is 5.29. The van der Waals surface area contributed by atoms with Gasteiger partial charge in [-0.25, -0.2) is 4.68 Å². The SMILES string of the molecule is CCNc1nc(OCC)nc(-n2cccn2)n1. The largest absolute Gasteiger partial charge is 0.464 e. The van der Waals surface area contributed by atoms with E-state index in [0.717, 1.165) is 6.54 Å². The van der Waals surface area contributed by atoms with E-state index in [1.165, 1.54) is 0 Å². The molecule has 0 atom stereocenters. The lowest BCUT2D eigenvalue weighted by Crippen LogP contribution is -2.10. The van der Waals surface area contributed by atoms with Gasteiger partial charge in [-0.2, -0.15) is 20.1 Å². The first-order valence-electron chi connectivity index (χ1n) is 5.46. The summed E-state index contributed by atoms with van der Waals surface area (Å²) in [7, 11) is 0. The molecule has 2 aromatic rings. The summed E-state index contributed by atoms with van der Waals surface area (Å²) in [5, 5.41) is 7.09. The molecule has 0 saturated carbocycles. The minimum atomic E-state index is 0.295. The number of hydrogen-bond donors (Lipinski definition) is 1. The molecule has 7 nitrogen and oxygen atoms in total. The van der Waals surface area contributed by atoms with Crippen molar-refractivity contribution in [3.05, 3.63) is 18.5 Å². The van der Waals surface area contributed by atoms with Crippen molar-refractivity contribution < 1.29 is 4.74 Å². The quantitative estimate of drug-likeness (QED) is 0.827. The van der Waals surface area contributed by atoms with Crippen LogP contribution in [0.5, 0.6) is 6.01 Å². The van der Waals surface area contributed by atoms with E-state index < -0.39 is 0 Å². The van der Waals surface area contributed by atoms with Crippen LogP contribution in [-0.4, -0.2) is 37.9 Å². The molecule has 2 rings (SSSR count). The van der Waals surface area contributed by atoms with Crippen LogP contribution in [0.2, 0.25) is 0 Å². The number of rotatable bonds is 5. The molecule has 2 aromatic heterocycles. The summed E-state index contributed by atoms with van der Waals surface area (Å²) in [4.78, 5) is 12.5. The van der Waals surface area contributed by atoms with Gasteiger partial charge in [-0.15, -0.1) is 0 Å². The highest BCUT2D eigenvalue weighted by Gasteiger charge is 2.08. The lowest BCUT2D eigenvalue weighted by Gasteiger charge is -2.07. The van der Waals surface area contributed by atoms with Crippen LogP contribution in [0.3, 0.4) is 0 Å². The highest BCUT2D eigenvalue weighted by atomic mass is 16.5. The third kappa shape index (κ3) is 2.68. The smallest absolute Gasteiger partial charge is 0.323 e. The average molecular weight is 234 g/mol. The lowest BCUT2D eigenvalue weighted by atomic mass is 10.7. The van der Waals surface area contributed by atoms with Crippen LogP contribution in [0, 0.1) is 0 Å². The van der Waals surface area contributed by atoms with Crippen molar-refractivity contribution in [3.8, 4) is 12.0 Å². The van der Waals surface area contributed by atoms with Crippen molar-refractivity contribution in [1.29, 1.82) is 0 Å². The zero-order valence-electron chi connectivity index (χ0n) is 9.79. The Morgan fingerprint density at radius 3 is 2.82 bits per heavy atom. The molecular formula is C10H14N6O. The van der Waals surface area contributed by atoms with Crippen LogP contribution in [-0.2, 0) is 0 Å². The van der Waals surface area contributed by atoms with Crippen molar-refractivity contribution >= 4 is 5.95 Å². The van der Waals surface area contributed by atoms with E-state index in [2.05, 4.69) is 25.4 Å². The van der Waals surface area contributed by atoms with E-state index >= 15 is 0 Å². The minimum absolute atomic E-state index is 0.295. The van der Waals surface area contributed by atoms with Gasteiger partial charge >= 0.3 is 6.01 Å². The molecule has 0 fully saturated rings. The average Bonchev–Trinajstić information content (AvgIpc) is 2.83. The Bertz CT molecular complexity index is 445. The zero-order chi connectivity index (χ0) is 12.1. The zero-order valence-corrected chi connectivity index (χ0v) is 9.79. The fraction of sp³-hybridized carbons (Fsp3) is 0.400. The van der Waals surface area contributed by atoms with E-state index in [1.54, 1.807) is 23.1 Å². The number of nitrogens with zero attached hydrogens (tertiary/aromatic N) is 5. The molecule has 0 saturated heterocycles. The van der Waals surface area contributed by atoms with Gasteiger partial charge in [0.15, 0.2) is 0 Å². The third-order valence-corrected chi connectivity index (χ3v) is 1.92. The van der Waals surface area contributed by atoms with Crippen molar-refractivity contribution in [2.24, 2.45) is 0 Å². The fourth-order valence-corrected chi connectivity index (χ4v) is 1.27. The van der Waals surface area contributed by atoms with Gasteiger partial charge in [0.05, 0.1) is 6.61 Å². The Hall–Kier alpha value is -2.18. The molecule has 0 amide bonds. The number of anilines is 1. The Balaban J connectivity index is 2.37. The van der Waals surface area contributed by atoms with E-state index in [4.69, 9.17) is 4.74 Å². The van der Waals surface area contributed by atoms with Crippen molar-refractivity contribution in [1.82, 2.24) is 24.7 Å². The summed E-state index contributed by atoms with van der Waals surface area (Å²) in [6, 6.07) is 2.10. The number of nitrogens with one attached hydrogen (secondary N) is 1. The van der Waals surface area contributed by atoms with Gasteiger partial charge in [0, 0.05) is 18.9 Å². The van der Waals surface area contributed by atoms with Gasteiger partial charge < -0.3 is 10.1 Å². The second kappa shape index (κ2) is 5.24. The standard InChI is InChI=1S/C10H14N6O/c1-3-11-8-13-9(16-7-5-6-12-16)15-10(14-8)17-4-2/h5-7H,3-4H2,1-2H3,(H,11,13,14,15). The molecule has 90 valence electrons. The maximum Gasteiger partial charge on any atom is 0.323 e. The minimum Gasteiger partial charge on any atom is -0.464 e. The number of hydrogen-bond acceptors (Lipinski definition) is 6. The molecule has 1 N–H and O–H groups in total. The molecular weight excluding hydrogens is 220 g/mol. The van der Waals surface area contributed by atoms with Crippen LogP contribution >= 0.6 is 0 Å². The van der Waals surface area contributed by atoms with Crippen LogP contribution in [0.1, 0.15) is 13.8 Å². The second-order valence-corrected chi connectivity index (χ2v) is 3.16. The first kappa shape index (κ1) is 11.3. The van der Waals surface area contributed by atoms with E-state index in [0.29, 0.717) is 24.5 Å². The third-order valence-electron chi connectivity index (χ3n) is 1.92. The lowest BCUT2D eigenvalue weighted by molar-refractivity contribution is 0.311. The summed E-state index contributed by atoms with van der Waals surface area (Å²) < 4.78 is 6.85. The van der Waals surface area contributed by atoms with Crippen LogP contribution in [0.15, 0.2) is 18.5 Å². The van der Waals surface area contributed by atoms with Crippen LogP contribution in [0.25, 0.3) is 5.95 Å². The highest BCUT2D eigenvalue weighted by molar-refractivity contribution is 5.29. The van der Waals surface area contributed by atoms with Gasteiger partial charge in [-0.05, 0) is 19.9 Å². The second-order valence-electron chi connectivity index (χ2n) is 3.16. The first-order chi connectivity index (χ1) is 8.33. The molecule has 0 aliphatic carbocycles. The molecule has 0 aromatic carbocycles. The predicted octanol–water partition coefficient (Wildman–Crippen LogP) is 0.888. The van der Waals surface area contributed by atoms with Crippen LogP contribution in [0.4, 0.5) is 5.95 Å². The molecule has 0 spiro atoms. The first-order valence-corrected chi connectivity index (χ1v) is 5.46. The van der Waals surface area contributed by atoms with Gasteiger partial charge in [0.25, 0.3) is 5.95 Å². The van der Waals surface area contributed by atoms with Gasteiger partial charge in [-0.1, -0.05) is 0 Å². The summed E-state index contributed by atoms with van der Waals surface area (Å²) in [6.07, 6.45) is 3.43. The Morgan fingerprint density at radius 1 is 1.29 bits per heavy atom. The highest BCUT2D eigenvalue weighted by Crippen LogP contribution is 2.10. The monoisotopic (exact) mass is 234 g/mol. The Labute approximate surface area is 98.9 Å². The molecule has 0 radical (unpaired) electrons. The molecule has 0 aliphatic rings. The van der Waals surface area contributed by atoms with E-state index in [-0.39, 0.29) is 0 Å². The topological polar surface area (TPSA) is 77.8 Å². The Kier molecular flexibility index (Phi) is 3.49.